The smallest absolute Gasteiger partial charge is 0.255 e. The van der Waals surface area contributed by atoms with Crippen molar-refractivity contribution in [1.82, 2.24) is 15.3 Å². The average Bonchev–Trinajstić information content (AvgIpc) is 3.10. The van der Waals surface area contributed by atoms with E-state index in [0.29, 0.717) is 23.3 Å². The van der Waals surface area contributed by atoms with E-state index in [4.69, 9.17) is 0 Å². The number of aromatic amines is 1. The number of amides is 1. The third kappa shape index (κ3) is 2.97. The Labute approximate surface area is 163 Å². The van der Waals surface area contributed by atoms with Crippen LogP contribution in [0.4, 0.5) is 5.69 Å². The Morgan fingerprint density at radius 1 is 1.36 bits per heavy atom. The third-order valence-electron chi connectivity index (χ3n) is 6.94. The minimum atomic E-state index is -0.602. The summed E-state index contributed by atoms with van der Waals surface area (Å²) in [7, 11) is 0. The first-order valence-corrected chi connectivity index (χ1v) is 10.3. The average molecular weight is 384 g/mol. The number of pyridine rings is 1. The molecule has 0 aromatic carbocycles. The van der Waals surface area contributed by atoms with Crippen LogP contribution in [0.1, 0.15) is 49.4 Å². The number of anilines is 1. The van der Waals surface area contributed by atoms with Gasteiger partial charge in [-0.15, -0.1) is 0 Å². The van der Waals surface area contributed by atoms with Crippen molar-refractivity contribution in [3.05, 3.63) is 24.0 Å². The highest BCUT2D eigenvalue weighted by Gasteiger charge is 2.54. The Morgan fingerprint density at radius 3 is 2.79 bits per heavy atom. The van der Waals surface area contributed by atoms with Crippen LogP contribution in [0.3, 0.4) is 0 Å². The molecule has 4 aliphatic rings. The second-order valence-electron chi connectivity index (χ2n) is 9.21. The van der Waals surface area contributed by atoms with Crippen molar-refractivity contribution in [3.8, 4) is 0 Å². The van der Waals surface area contributed by atoms with Crippen molar-refractivity contribution in [2.75, 3.05) is 11.9 Å². The number of fused-ring (bicyclic) bond motifs is 1. The lowest BCUT2D eigenvalue weighted by Crippen LogP contribution is -2.59. The Hall–Kier alpha value is -2.12. The van der Waals surface area contributed by atoms with Gasteiger partial charge in [-0.2, -0.15) is 0 Å². The molecule has 0 saturated heterocycles. The summed E-state index contributed by atoms with van der Waals surface area (Å²) in [5, 5.41) is 27.8. The predicted octanol–water partition coefficient (Wildman–Crippen LogP) is 2.02. The van der Waals surface area contributed by atoms with Gasteiger partial charge in [-0.1, -0.05) is 0 Å². The van der Waals surface area contributed by atoms with Crippen LogP contribution in [0.2, 0.25) is 0 Å². The van der Waals surface area contributed by atoms with Crippen LogP contribution < -0.4 is 10.6 Å². The summed E-state index contributed by atoms with van der Waals surface area (Å²) < 4.78 is 0. The Bertz CT molecular complexity index is 892. The molecule has 4 fully saturated rings. The number of hydrogen-bond acceptors (Lipinski definition) is 5. The van der Waals surface area contributed by atoms with E-state index in [1.54, 1.807) is 13.1 Å². The van der Waals surface area contributed by atoms with Crippen molar-refractivity contribution in [3.63, 3.8) is 0 Å². The number of rotatable bonds is 5. The number of carbonyl (C=O) groups is 1. The van der Waals surface area contributed by atoms with Gasteiger partial charge in [0, 0.05) is 30.4 Å². The summed E-state index contributed by atoms with van der Waals surface area (Å²) in [4.78, 5) is 20.3. The molecule has 4 saturated carbocycles. The van der Waals surface area contributed by atoms with E-state index < -0.39 is 11.7 Å². The summed E-state index contributed by atoms with van der Waals surface area (Å²) in [6.07, 6.45) is 7.79. The summed E-state index contributed by atoms with van der Waals surface area (Å²) in [6, 6.07) is 2.21. The van der Waals surface area contributed by atoms with Crippen molar-refractivity contribution in [2.45, 2.75) is 56.8 Å². The number of nitrogens with one attached hydrogen (secondary N) is 3. The van der Waals surface area contributed by atoms with Crippen LogP contribution in [0, 0.1) is 17.8 Å². The molecular weight excluding hydrogens is 356 g/mol. The number of carbonyl (C=O) groups excluding carboxylic acids is 1. The highest BCUT2D eigenvalue weighted by molar-refractivity contribution is 6.06. The fourth-order valence-corrected chi connectivity index (χ4v) is 6.05. The summed E-state index contributed by atoms with van der Waals surface area (Å²) in [6.45, 7) is 1.85. The molecular formula is C21H28N4O3. The molecule has 28 heavy (non-hydrogen) atoms. The number of aliphatic hydroxyl groups excluding tert-OH is 1. The molecule has 0 spiro atoms. The molecule has 2 aromatic heterocycles. The van der Waals surface area contributed by atoms with E-state index >= 15 is 0 Å². The van der Waals surface area contributed by atoms with E-state index in [9.17, 15) is 15.0 Å². The predicted molar refractivity (Wildman–Crippen MR) is 106 cm³/mol. The summed E-state index contributed by atoms with van der Waals surface area (Å²) in [5.74, 6) is 1.28. The van der Waals surface area contributed by atoms with Crippen molar-refractivity contribution >= 4 is 22.6 Å². The molecule has 0 radical (unpaired) electrons. The number of aliphatic hydroxyl groups is 2. The first kappa shape index (κ1) is 17.9. The van der Waals surface area contributed by atoms with Gasteiger partial charge in [0.15, 0.2) is 0 Å². The SMILES string of the molecule is CC(O)CNC(=O)c1cnc2[nH]ccc2c1N[C@H]1C2CC3CC1C[C@@](O)(C3)C2. The van der Waals surface area contributed by atoms with Crippen molar-refractivity contribution in [1.29, 1.82) is 0 Å². The number of hydrogen-bond donors (Lipinski definition) is 5. The number of nitrogens with zero attached hydrogens (tertiary/aromatic N) is 1. The maximum Gasteiger partial charge on any atom is 0.255 e. The molecule has 4 bridgehead atoms. The Balaban J connectivity index is 1.47. The second-order valence-corrected chi connectivity index (χ2v) is 9.21. The zero-order valence-electron chi connectivity index (χ0n) is 16.1. The molecule has 6 rings (SSSR count). The topological polar surface area (TPSA) is 110 Å². The van der Waals surface area contributed by atoms with Gasteiger partial charge in [0.2, 0.25) is 0 Å². The quantitative estimate of drug-likeness (QED) is 0.542. The maximum absolute atomic E-state index is 12.8. The Kier molecular flexibility index (Phi) is 4.14. The summed E-state index contributed by atoms with van der Waals surface area (Å²) in [5.41, 5.74) is 1.57. The third-order valence-corrected chi connectivity index (χ3v) is 6.94. The fourth-order valence-electron chi connectivity index (χ4n) is 6.05. The van der Waals surface area contributed by atoms with Crippen LogP contribution in [0.5, 0.6) is 0 Å². The van der Waals surface area contributed by atoms with E-state index in [1.165, 1.54) is 0 Å². The molecule has 2 aromatic rings. The monoisotopic (exact) mass is 384 g/mol. The molecule has 0 aliphatic heterocycles. The van der Waals surface area contributed by atoms with E-state index in [-0.39, 0.29) is 18.5 Å². The highest BCUT2D eigenvalue weighted by atomic mass is 16.3. The van der Waals surface area contributed by atoms with Gasteiger partial charge in [-0.05, 0) is 62.8 Å². The van der Waals surface area contributed by atoms with Crippen LogP contribution in [0.15, 0.2) is 18.5 Å². The van der Waals surface area contributed by atoms with Gasteiger partial charge in [-0.25, -0.2) is 4.98 Å². The molecule has 7 heteroatoms. The fraction of sp³-hybridized carbons (Fsp3) is 0.619. The minimum Gasteiger partial charge on any atom is -0.392 e. The van der Waals surface area contributed by atoms with Crippen LogP contribution in [-0.2, 0) is 0 Å². The second kappa shape index (κ2) is 6.46. The largest absolute Gasteiger partial charge is 0.392 e. The molecule has 1 amide bonds. The molecule has 3 atom stereocenters. The first-order chi connectivity index (χ1) is 13.4. The van der Waals surface area contributed by atoms with Crippen LogP contribution >= 0.6 is 0 Å². The maximum atomic E-state index is 12.8. The van der Waals surface area contributed by atoms with E-state index in [2.05, 4.69) is 20.6 Å². The lowest BCUT2D eigenvalue weighted by atomic mass is 9.52. The Morgan fingerprint density at radius 2 is 2.11 bits per heavy atom. The minimum absolute atomic E-state index is 0.201. The first-order valence-electron chi connectivity index (χ1n) is 10.3. The normalized spacial score (nSPS) is 34.5. The molecule has 5 N–H and O–H groups in total. The molecule has 4 aliphatic carbocycles. The van der Waals surface area contributed by atoms with E-state index in [1.807, 2.05) is 12.3 Å². The van der Waals surface area contributed by atoms with Gasteiger partial charge < -0.3 is 25.8 Å². The van der Waals surface area contributed by atoms with Crippen molar-refractivity contribution in [2.24, 2.45) is 17.8 Å². The van der Waals surface area contributed by atoms with Crippen LogP contribution in [-0.4, -0.2) is 50.4 Å². The van der Waals surface area contributed by atoms with E-state index in [0.717, 1.165) is 48.8 Å². The van der Waals surface area contributed by atoms with Gasteiger partial charge in [-0.3, -0.25) is 4.79 Å². The number of aromatic nitrogens is 2. The van der Waals surface area contributed by atoms with Crippen LogP contribution in [0.25, 0.3) is 11.0 Å². The zero-order valence-corrected chi connectivity index (χ0v) is 16.1. The molecule has 150 valence electrons. The van der Waals surface area contributed by atoms with Gasteiger partial charge >= 0.3 is 0 Å². The number of H-pyrrole nitrogens is 1. The van der Waals surface area contributed by atoms with Crippen molar-refractivity contribution < 1.29 is 15.0 Å². The molecule has 7 nitrogen and oxygen atoms in total. The lowest BCUT2D eigenvalue weighted by molar-refractivity contribution is -0.129. The zero-order chi connectivity index (χ0) is 19.5. The van der Waals surface area contributed by atoms with Gasteiger partial charge in [0.05, 0.1) is 23.0 Å². The molecule has 2 heterocycles. The molecule has 3 unspecified atom stereocenters. The van der Waals surface area contributed by atoms with Gasteiger partial charge in [0.25, 0.3) is 5.91 Å². The summed E-state index contributed by atoms with van der Waals surface area (Å²) >= 11 is 0. The highest BCUT2D eigenvalue weighted by Crippen LogP contribution is 2.56. The standard InChI is InChI=1S/C21H28N4O3/c1-11(26)9-24-20(27)16-10-23-19-15(2-3-22-19)18(16)25-17-13-4-12-5-14(17)8-21(28,6-12)7-13/h2-3,10-14,17,26,28H,4-9H2,1H3,(H,24,27)(H2,22,23,25)/t11?,12?,13?,14?,17-,21+. The van der Waals surface area contributed by atoms with Gasteiger partial charge in [0.1, 0.15) is 5.65 Å². The lowest BCUT2D eigenvalue weighted by Gasteiger charge is -2.58.